The molecular weight excluding hydrogens is 402 g/mol. The van der Waals surface area contributed by atoms with Crippen molar-refractivity contribution in [2.45, 2.75) is 37.1 Å². The molecule has 0 atom stereocenters. The first kappa shape index (κ1) is 23.1. The average molecular weight is 432 g/mol. The Bertz CT molecular complexity index is 715. The number of hydrogen-bond donors (Lipinski definition) is 2. The highest BCUT2D eigenvalue weighted by Crippen LogP contribution is 2.19. The number of benzene rings is 1. The van der Waals surface area contributed by atoms with Gasteiger partial charge in [0.1, 0.15) is 0 Å². The molecule has 2 saturated heterocycles. The van der Waals surface area contributed by atoms with Crippen LogP contribution in [0.2, 0.25) is 0 Å². The summed E-state index contributed by atoms with van der Waals surface area (Å²) in [4.78, 5) is 12.3. The van der Waals surface area contributed by atoms with Crippen molar-refractivity contribution in [3.8, 4) is 0 Å². The van der Waals surface area contributed by atoms with Crippen LogP contribution in [-0.4, -0.2) is 58.0 Å². The molecule has 0 bridgehead atoms. The molecule has 28 heavy (non-hydrogen) atoms. The van der Waals surface area contributed by atoms with Crippen molar-refractivity contribution < 1.29 is 17.9 Å². The van der Waals surface area contributed by atoms with Gasteiger partial charge >= 0.3 is 0 Å². The van der Waals surface area contributed by atoms with Crippen molar-refractivity contribution in [2.24, 2.45) is 5.92 Å². The van der Waals surface area contributed by atoms with Gasteiger partial charge in [0.05, 0.1) is 18.1 Å². The minimum Gasteiger partial charge on any atom is -0.379 e. The molecule has 0 saturated carbocycles. The van der Waals surface area contributed by atoms with E-state index in [-0.39, 0.29) is 23.2 Å². The molecule has 2 fully saturated rings. The lowest BCUT2D eigenvalue weighted by atomic mass is 9.93. The Kier molecular flexibility index (Phi) is 9.17. The Balaban J connectivity index is 0.00000280. The minimum absolute atomic E-state index is 0. The van der Waals surface area contributed by atoms with E-state index >= 15 is 0 Å². The van der Waals surface area contributed by atoms with E-state index in [0.29, 0.717) is 45.2 Å². The van der Waals surface area contributed by atoms with E-state index in [1.807, 2.05) is 0 Å². The van der Waals surface area contributed by atoms with Crippen LogP contribution in [0.4, 0.5) is 0 Å². The summed E-state index contributed by atoms with van der Waals surface area (Å²) in [6.45, 7) is 4.15. The third kappa shape index (κ3) is 6.42. The first-order chi connectivity index (χ1) is 13.1. The number of nitrogens with one attached hydrogen (secondary N) is 2. The van der Waals surface area contributed by atoms with Gasteiger partial charge in [-0.05, 0) is 56.0 Å². The number of sulfonamides is 1. The lowest BCUT2D eigenvalue weighted by Gasteiger charge is -2.26. The van der Waals surface area contributed by atoms with Gasteiger partial charge in [-0.2, -0.15) is 4.31 Å². The second kappa shape index (κ2) is 11.1. The van der Waals surface area contributed by atoms with Crippen LogP contribution in [0.3, 0.4) is 0 Å². The first-order valence-corrected chi connectivity index (χ1v) is 11.1. The molecule has 158 valence electrons. The molecule has 0 aliphatic carbocycles. The summed E-state index contributed by atoms with van der Waals surface area (Å²) in [5, 5.41) is 6.26. The van der Waals surface area contributed by atoms with Gasteiger partial charge in [-0.3, -0.25) is 4.79 Å². The second-order valence-electron chi connectivity index (χ2n) is 7.17. The van der Waals surface area contributed by atoms with Crippen LogP contribution in [0.15, 0.2) is 29.2 Å². The Morgan fingerprint density at radius 1 is 1.14 bits per heavy atom. The second-order valence-corrected chi connectivity index (χ2v) is 9.11. The zero-order valence-corrected chi connectivity index (χ0v) is 17.7. The number of piperidine rings is 1. The van der Waals surface area contributed by atoms with Crippen LogP contribution in [0.25, 0.3) is 0 Å². The third-order valence-corrected chi connectivity index (χ3v) is 7.17. The molecule has 3 rings (SSSR count). The van der Waals surface area contributed by atoms with E-state index in [2.05, 4.69) is 10.6 Å². The van der Waals surface area contributed by atoms with Crippen LogP contribution in [0.1, 0.15) is 31.2 Å². The number of carbonyl (C=O) groups excluding carboxylic acids is 1. The largest absolute Gasteiger partial charge is 0.379 e. The zero-order chi connectivity index (χ0) is 19.1. The van der Waals surface area contributed by atoms with Crippen molar-refractivity contribution >= 4 is 28.3 Å². The van der Waals surface area contributed by atoms with Crippen LogP contribution in [0, 0.1) is 5.92 Å². The average Bonchev–Trinajstić information content (AvgIpc) is 2.72. The molecule has 2 N–H and O–H groups in total. The van der Waals surface area contributed by atoms with Crippen molar-refractivity contribution in [1.82, 2.24) is 14.9 Å². The fraction of sp³-hybridized carbons (Fsp3) is 0.632. The van der Waals surface area contributed by atoms with Gasteiger partial charge in [0.25, 0.3) is 0 Å². The maximum atomic E-state index is 12.6. The monoisotopic (exact) mass is 431 g/mol. The number of nitrogens with zero attached hydrogens (tertiary/aromatic N) is 1. The molecule has 2 heterocycles. The SMILES string of the molecule is Cl.O=C(CCC1CCNCC1)NCc1ccc(S(=O)(=O)N2CCOCC2)cc1. The molecule has 7 nitrogen and oxygen atoms in total. The highest BCUT2D eigenvalue weighted by Gasteiger charge is 2.26. The molecule has 9 heteroatoms. The lowest BCUT2D eigenvalue weighted by Crippen LogP contribution is -2.40. The van der Waals surface area contributed by atoms with Crippen molar-refractivity contribution in [1.29, 1.82) is 0 Å². The molecule has 1 amide bonds. The number of rotatable bonds is 7. The highest BCUT2D eigenvalue weighted by atomic mass is 35.5. The summed E-state index contributed by atoms with van der Waals surface area (Å²) in [5.41, 5.74) is 0.895. The van der Waals surface area contributed by atoms with Gasteiger partial charge in [-0.1, -0.05) is 12.1 Å². The van der Waals surface area contributed by atoms with Gasteiger partial charge in [0.2, 0.25) is 15.9 Å². The van der Waals surface area contributed by atoms with Crippen molar-refractivity contribution in [3.63, 3.8) is 0 Å². The van der Waals surface area contributed by atoms with Crippen LogP contribution in [0.5, 0.6) is 0 Å². The minimum atomic E-state index is -3.47. The van der Waals surface area contributed by atoms with Crippen LogP contribution < -0.4 is 10.6 Å². The Hall–Kier alpha value is -1.19. The number of carbonyl (C=O) groups is 1. The molecule has 1 aromatic carbocycles. The van der Waals surface area contributed by atoms with Gasteiger partial charge < -0.3 is 15.4 Å². The molecular formula is C19H30ClN3O4S. The summed E-state index contributed by atoms with van der Waals surface area (Å²) in [6, 6.07) is 6.75. The summed E-state index contributed by atoms with van der Waals surface area (Å²) < 4.78 is 31.9. The fourth-order valence-electron chi connectivity index (χ4n) is 3.51. The number of ether oxygens (including phenoxy) is 1. The molecule has 0 unspecified atom stereocenters. The van der Waals surface area contributed by atoms with Gasteiger partial charge in [0.15, 0.2) is 0 Å². The normalized spacial score (nSPS) is 19.0. The zero-order valence-electron chi connectivity index (χ0n) is 16.1. The molecule has 1 aromatic rings. The van der Waals surface area contributed by atoms with Gasteiger partial charge in [0, 0.05) is 26.1 Å². The highest BCUT2D eigenvalue weighted by molar-refractivity contribution is 7.89. The topological polar surface area (TPSA) is 87.7 Å². The smallest absolute Gasteiger partial charge is 0.243 e. The van der Waals surface area contributed by atoms with E-state index in [1.54, 1.807) is 24.3 Å². The van der Waals surface area contributed by atoms with E-state index in [9.17, 15) is 13.2 Å². The van der Waals surface area contributed by atoms with Crippen molar-refractivity contribution in [2.75, 3.05) is 39.4 Å². The number of amides is 1. The predicted octanol–water partition coefficient (Wildman–Crippen LogP) is 1.53. The number of hydrogen-bond acceptors (Lipinski definition) is 5. The first-order valence-electron chi connectivity index (χ1n) is 9.70. The van der Waals surface area contributed by atoms with E-state index in [4.69, 9.17) is 4.74 Å². The van der Waals surface area contributed by atoms with Crippen LogP contribution >= 0.6 is 12.4 Å². The summed E-state index contributed by atoms with van der Waals surface area (Å²) in [6.07, 6.45) is 3.77. The number of halogens is 1. The molecule has 0 aromatic heterocycles. The molecule has 2 aliphatic heterocycles. The number of morpholine rings is 1. The lowest BCUT2D eigenvalue weighted by molar-refractivity contribution is -0.121. The van der Waals surface area contributed by atoms with E-state index in [0.717, 1.165) is 37.9 Å². The molecule has 2 aliphatic rings. The van der Waals surface area contributed by atoms with Crippen molar-refractivity contribution in [3.05, 3.63) is 29.8 Å². The van der Waals surface area contributed by atoms with E-state index < -0.39 is 10.0 Å². The van der Waals surface area contributed by atoms with E-state index in [1.165, 1.54) is 4.31 Å². The maximum absolute atomic E-state index is 12.6. The Morgan fingerprint density at radius 3 is 2.43 bits per heavy atom. The van der Waals surface area contributed by atoms with Crippen LogP contribution in [-0.2, 0) is 26.1 Å². The van der Waals surface area contributed by atoms with Gasteiger partial charge in [-0.15, -0.1) is 12.4 Å². The fourth-order valence-corrected chi connectivity index (χ4v) is 4.92. The third-order valence-electron chi connectivity index (χ3n) is 5.26. The Labute approximate surface area is 173 Å². The molecule has 0 spiro atoms. The standard InChI is InChI=1S/C19H29N3O4S.ClH/c23-19(6-3-16-7-9-20-10-8-16)21-15-17-1-4-18(5-2-17)27(24,25)22-11-13-26-14-12-22;/h1-2,4-5,16,20H,3,6-15H2,(H,21,23);1H. The summed E-state index contributed by atoms with van der Waals surface area (Å²) in [5.74, 6) is 0.695. The van der Waals surface area contributed by atoms with Gasteiger partial charge in [-0.25, -0.2) is 8.42 Å². The maximum Gasteiger partial charge on any atom is 0.243 e. The molecule has 0 radical (unpaired) electrons. The summed E-state index contributed by atoms with van der Waals surface area (Å²) >= 11 is 0. The quantitative estimate of drug-likeness (QED) is 0.683. The predicted molar refractivity (Wildman–Crippen MR) is 110 cm³/mol. The Morgan fingerprint density at radius 2 is 1.79 bits per heavy atom. The summed E-state index contributed by atoms with van der Waals surface area (Å²) in [7, 11) is -3.47.